The van der Waals surface area contributed by atoms with Crippen LogP contribution in [0.15, 0.2) is 42.5 Å². The number of halogens is 5. The van der Waals surface area contributed by atoms with Gasteiger partial charge in [-0.25, -0.2) is 22.0 Å². The normalized spacial score (nSPS) is 11.5. The monoisotopic (exact) mass is 643 g/mol. The van der Waals surface area contributed by atoms with E-state index in [4.69, 9.17) is 14.9 Å². The van der Waals surface area contributed by atoms with E-state index in [0.717, 1.165) is 33.3 Å². The first-order valence-electron chi connectivity index (χ1n) is 14.9. The maximum atomic E-state index is 13.8. The third-order valence-corrected chi connectivity index (χ3v) is 7.82. The summed E-state index contributed by atoms with van der Waals surface area (Å²) in [4.78, 5) is 22.2. The molecule has 0 saturated carbocycles. The summed E-state index contributed by atoms with van der Waals surface area (Å²) in [6.45, 7) is 2.66. The minimum absolute atomic E-state index is 0.0329. The molecule has 1 heterocycles. The molecule has 0 bridgehead atoms. The fraction of sp³-hybridized carbons (Fsp3) is 0.314. The molecular formula is C35H34F5NO5. The van der Waals surface area contributed by atoms with Crippen molar-refractivity contribution in [2.45, 2.75) is 64.8 Å². The predicted octanol–water partition coefficient (Wildman–Crippen LogP) is 8.49. The topological polar surface area (TPSA) is 88.8 Å². The van der Waals surface area contributed by atoms with Gasteiger partial charge in [0.25, 0.3) is 0 Å². The van der Waals surface area contributed by atoms with Gasteiger partial charge in [0.2, 0.25) is 5.82 Å². The average molecular weight is 644 g/mol. The van der Waals surface area contributed by atoms with Crippen LogP contribution in [-0.2, 0) is 29.0 Å². The van der Waals surface area contributed by atoms with E-state index in [2.05, 4.69) is 4.57 Å². The molecule has 4 rings (SSSR count). The molecule has 0 amide bonds. The first kappa shape index (κ1) is 34.2. The average Bonchev–Trinajstić information content (AvgIpc) is 3.30. The van der Waals surface area contributed by atoms with E-state index in [1.54, 1.807) is 12.1 Å². The van der Waals surface area contributed by atoms with Crippen LogP contribution in [0.25, 0.3) is 23.1 Å². The van der Waals surface area contributed by atoms with Crippen LogP contribution in [0.5, 0.6) is 5.75 Å². The molecule has 244 valence electrons. The van der Waals surface area contributed by atoms with Crippen LogP contribution in [0.2, 0.25) is 0 Å². The van der Waals surface area contributed by atoms with Crippen LogP contribution < -0.4 is 4.74 Å². The summed E-state index contributed by atoms with van der Waals surface area (Å²) in [6.07, 6.45) is 5.68. The molecule has 1 aromatic heterocycles. The summed E-state index contributed by atoms with van der Waals surface area (Å²) in [5.41, 5.74) is 3.96. The first-order chi connectivity index (χ1) is 22.0. The quantitative estimate of drug-likeness (QED) is 0.0420. The van der Waals surface area contributed by atoms with E-state index in [-0.39, 0.29) is 32.3 Å². The Morgan fingerprint density at radius 2 is 1.35 bits per heavy atom. The summed E-state index contributed by atoms with van der Waals surface area (Å²) < 4.78 is 75.5. The highest BCUT2D eigenvalue weighted by molar-refractivity contribution is 5.94. The van der Waals surface area contributed by atoms with Crippen molar-refractivity contribution in [1.29, 1.82) is 0 Å². The zero-order chi connectivity index (χ0) is 33.4. The maximum absolute atomic E-state index is 13.8. The lowest BCUT2D eigenvalue weighted by Gasteiger charge is -2.10. The van der Waals surface area contributed by atoms with E-state index < -0.39 is 46.6 Å². The second-order valence-corrected chi connectivity index (χ2v) is 11.0. The van der Waals surface area contributed by atoms with Gasteiger partial charge in [0.05, 0.1) is 12.1 Å². The van der Waals surface area contributed by atoms with Gasteiger partial charge < -0.3 is 19.5 Å². The van der Waals surface area contributed by atoms with E-state index in [1.165, 1.54) is 0 Å². The highest BCUT2D eigenvalue weighted by Crippen LogP contribution is 2.32. The molecular weight excluding hydrogens is 609 g/mol. The molecule has 0 aliphatic heterocycles. The van der Waals surface area contributed by atoms with Crippen molar-refractivity contribution in [3.8, 4) is 5.75 Å². The number of para-hydroxylation sites is 1. The molecule has 0 aliphatic carbocycles. The highest BCUT2D eigenvalue weighted by Gasteiger charge is 2.25. The molecule has 3 aromatic carbocycles. The maximum Gasteiger partial charge on any atom is 0.303 e. The van der Waals surface area contributed by atoms with Crippen LogP contribution in [0.1, 0.15) is 66.5 Å². The van der Waals surface area contributed by atoms with Crippen molar-refractivity contribution in [2.24, 2.45) is 0 Å². The summed E-state index contributed by atoms with van der Waals surface area (Å²) >= 11 is 0. The second-order valence-electron chi connectivity index (χ2n) is 11.0. The Kier molecular flexibility index (Phi) is 11.6. The highest BCUT2D eigenvalue weighted by atomic mass is 19.2. The molecule has 46 heavy (non-hydrogen) atoms. The molecule has 11 heteroatoms. The van der Waals surface area contributed by atoms with Gasteiger partial charge in [0, 0.05) is 36.0 Å². The number of carbonyl (C=O) groups is 2. The Morgan fingerprint density at radius 3 is 2.00 bits per heavy atom. The summed E-state index contributed by atoms with van der Waals surface area (Å²) in [6, 6.07) is 13.1. The van der Waals surface area contributed by atoms with Gasteiger partial charge in [-0.1, -0.05) is 42.5 Å². The fourth-order valence-electron chi connectivity index (χ4n) is 5.49. The number of rotatable bonds is 16. The Bertz CT molecular complexity index is 1720. The van der Waals surface area contributed by atoms with Crippen molar-refractivity contribution in [3.05, 3.63) is 99.5 Å². The number of carboxylic acid groups (broad SMARTS) is 2. The van der Waals surface area contributed by atoms with Crippen LogP contribution in [0.3, 0.4) is 0 Å². The Morgan fingerprint density at radius 1 is 0.739 bits per heavy atom. The standard InChI is InChI=1S/C35H34F5NO5/c1-21-25(9-5-11-28(42)43)26-10-4-7-23(35(26)41(21)19-6-12-29(44)45)16-13-22-14-17-24(18-15-22)46-20-3-2-8-27-30(36)32(38)34(40)33(39)31(27)37/h4,7,10,13-18H,2-3,5-6,8-9,11-12,19-20H2,1H3,(H,42,43)(H,44,45)/b16-13+. The lowest BCUT2D eigenvalue weighted by atomic mass is 10.0. The number of ether oxygens (including phenoxy) is 1. The van der Waals surface area contributed by atoms with Crippen LogP contribution in [0.4, 0.5) is 22.0 Å². The number of aromatic nitrogens is 1. The number of nitrogens with zero attached hydrogens (tertiary/aromatic N) is 1. The third kappa shape index (κ3) is 8.13. The van der Waals surface area contributed by atoms with E-state index in [1.807, 2.05) is 49.4 Å². The number of aryl methyl sites for hydroxylation is 2. The molecule has 0 aliphatic rings. The van der Waals surface area contributed by atoms with Gasteiger partial charge in [0.15, 0.2) is 23.3 Å². The number of fused-ring (bicyclic) bond motifs is 1. The minimum atomic E-state index is -2.17. The Balaban J connectivity index is 1.42. The van der Waals surface area contributed by atoms with Crippen molar-refractivity contribution in [3.63, 3.8) is 0 Å². The zero-order valence-electron chi connectivity index (χ0n) is 25.2. The minimum Gasteiger partial charge on any atom is -0.494 e. The smallest absolute Gasteiger partial charge is 0.303 e. The summed E-state index contributed by atoms with van der Waals surface area (Å²) in [5, 5.41) is 19.2. The van der Waals surface area contributed by atoms with Crippen LogP contribution >= 0.6 is 0 Å². The predicted molar refractivity (Wildman–Crippen MR) is 164 cm³/mol. The molecule has 0 atom stereocenters. The largest absolute Gasteiger partial charge is 0.494 e. The number of carboxylic acids is 2. The van der Waals surface area contributed by atoms with Gasteiger partial charge in [-0.05, 0) is 74.3 Å². The van der Waals surface area contributed by atoms with Gasteiger partial charge in [-0.3, -0.25) is 9.59 Å². The second kappa shape index (κ2) is 15.6. The number of aliphatic carboxylic acids is 2. The Hall–Kier alpha value is -4.67. The number of hydrogen-bond donors (Lipinski definition) is 2. The van der Waals surface area contributed by atoms with Gasteiger partial charge >= 0.3 is 11.9 Å². The zero-order valence-corrected chi connectivity index (χ0v) is 25.2. The van der Waals surface area contributed by atoms with Gasteiger partial charge in [0.1, 0.15) is 5.75 Å². The lowest BCUT2D eigenvalue weighted by molar-refractivity contribution is -0.138. The number of unbranched alkanes of at least 4 members (excludes halogenated alkanes) is 1. The molecule has 0 radical (unpaired) electrons. The number of benzene rings is 3. The third-order valence-electron chi connectivity index (χ3n) is 7.82. The number of hydrogen-bond acceptors (Lipinski definition) is 3. The lowest BCUT2D eigenvalue weighted by Crippen LogP contribution is -2.08. The fourth-order valence-corrected chi connectivity index (χ4v) is 5.49. The van der Waals surface area contributed by atoms with Crippen molar-refractivity contribution >= 4 is 35.0 Å². The Labute approximate surface area is 262 Å². The van der Waals surface area contributed by atoms with Gasteiger partial charge in [-0.2, -0.15) is 0 Å². The van der Waals surface area contributed by atoms with E-state index in [9.17, 15) is 31.5 Å². The summed E-state index contributed by atoms with van der Waals surface area (Å²) in [7, 11) is 0. The van der Waals surface area contributed by atoms with Crippen LogP contribution in [0, 0.1) is 36.0 Å². The molecule has 0 saturated heterocycles. The van der Waals surface area contributed by atoms with E-state index in [0.29, 0.717) is 38.0 Å². The van der Waals surface area contributed by atoms with Crippen molar-refractivity contribution < 1.29 is 46.5 Å². The molecule has 6 nitrogen and oxygen atoms in total. The van der Waals surface area contributed by atoms with Crippen molar-refractivity contribution in [1.82, 2.24) is 4.57 Å². The SMILES string of the molecule is Cc1c(CCCC(=O)O)c2cccc(/C=C/c3ccc(OCCCCc4c(F)c(F)c(F)c(F)c4F)cc3)c2n1CCCC(=O)O. The molecule has 0 spiro atoms. The molecule has 0 fully saturated rings. The van der Waals surface area contributed by atoms with E-state index >= 15 is 0 Å². The summed E-state index contributed by atoms with van der Waals surface area (Å²) in [5.74, 6) is -10.9. The van der Waals surface area contributed by atoms with Gasteiger partial charge in [-0.15, -0.1) is 0 Å². The first-order valence-corrected chi connectivity index (χ1v) is 14.9. The van der Waals surface area contributed by atoms with Crippen molar-refractivity contribution in [2.75, 3.05) is 6.61 Å². The molecule has 2 N–H and O–H groups in total. The molecule has 4 aromatic rings. The van der Waals surface area contributed by atoms with Crippen LogP contribution in [-0.4, -0.2) is 33.3 Å². The molecule has 0 unspecified atom stereocenters.